The number of aliphatic hydroxyl groups excluding tert-OH is 1. The van der Waals surface area contributed by atoms with Crippen LogP contribution >= 0.6 is 0 Å². The maximum Gasteiger partial charge on any atom is 0.339 e. The fourth-order valence-corrected chi connectivity index (χ4v) is 2.69. The average molecular weight is 366 g/mol. The first kappa shape index (κ1) is 19.6. The molecule has 0 saturated heterocycles. The summed E-state index contributed by atoms with van der Waals surface area (Å²) in [4.78, 5) is 27.1. The number of aliphatic hydroxyl groups is 1. The van der Waals surface area contributed by atoms with Crippen molar-refractivity contribution in [2.45, 2.75) is 26.4 Å². The van der Waals surface area contributed by atoms with E-state index in [0.717, 1.165) is 12.1 Å². The third-order valence-corrected chi connectivity index (χ3v) is 4.08. The van der Waals surface area contributed by atoms with Crippen molar-refractivity contribution in [1.29, 1.82) is 0 Å². The van der Waals surface area contributed by atoms with E-state index in [1.165, 1.54) is 7.11 Å². The van der Waals surface area contributed by atoms with Gasteiger partial charge in [-0.25, -0.2) is 13.6 Å². The number of ether oxygens (including phenoxy) is 1. The minimum absolute atomic E-state index is 0.126. The lowest BCUT2D eigenvalue weighted by molar-refractivity contribution is 0.0599. The summed E-state index contributed by atoms with van der Waals surface area (Å²) in [6.45, 7) is 3.14. The fraction of sp³-hybridized carbons (Fsp3) is 0.333. The van der Waals surface area contributed by atoms with E-state index in [2.05, 4.69) is 10.3 Å². The topological polar surface area (TPSA) is 91.4 Å². The predicted molar refractivity (Wildman–Crippen MR) is 89.9 cm³/mol. The summed E-state index contributed by atoms with van der Waals surface area (Å²) < 4.78 is 31.3. The van der Waals surface area contributed by atoms with Crippen LogP contribution in [0, 0.1) is 18.6 Å². The summed E-state index contributed by atoms with van der Waals surface area (Å²) in [5.74, 6) is -2.77. The van der Waals surface area contributed by atoms with Gasteiger partial charge in [0.25, 0.3) is 5.91 Å². The minimum Gasteiger partial charge on any atom is -0.465 e. The van der Waals surface area contributed by atoms with Gasteiger partial charge in [0.15, 0.2) is 0 Å². The molecular weight excluding hydrogens is 346 g/mol. The van der Waals surface area contributed by atoms with Crippen molar-refractivity contribution in [2.75, 3.05) is 13.7 Å². The van der Waals surface area contributed by atoms with Crippen LogP contribution < -0.4 is 5.32 Å². The van der Waals surface area contributed by atoms with Crippen LogP contribution in [0.5, 0.6) is 0 Å². The highest BCUT2D eigenvalue weighted by atomic mass is 19.1. The largest absolute Gasteiger partial charge is 0.465 e. The number of methoxy groups -OCH3 is 1. The highest BCUT2D eigenvalue weighted by molar-refractivity contribution is 6.00. The number of aryl methyl sites for hydroxylation is 1. The lowest BCUT2D eigenvalue weighted by Gasteiger charge is -2.13. The molecule has 0 fully saturated rings. The van der Waals surface area contributed by atoms with Gasteiger partial charge in [0, 0.05) is 23.9 Å². The molecule has 1 aromatic carbocycles. The number of aromatic amines is 1. The Hall–Kier alpha value is -2.74. The van der Waals surface area contributed by atoms with Gasteiger partial charge in [-0.3, -0.25) is 4.79 Å². The van der Waals surface area contributed by atoms with Crippen LogP contribution in [0.1, 0.15) is 50.7 Å². The molecule has 0 aliphatic rings. The van der Waals surface area contributed by atoms with Crippen LogP contribution in [0.4, 0.5) is 8.78 Å². The van der Waals surface area contributed by atoms with E-state index in [1.807, 2.05) is 6.92 Å². The van der Waals surface area contributed by atoms with Crippen molar-refractivity contribution in [3.05, 3.63) is 57.9 Å². The molecule has 1 heterocycles. The smallest absolute Gasteiger partial charge is 0.339 e. The van der Waals surface area contributed by atoms with Crippen molar-refractivity contribution in [3.8, 4) is 0 Å². The summed E-state index contributed by atoms with van der Waals surface area (Å²) >= 11 is 0. The number of hydrogen-bond donors (Lipinski definition) is 3. The molecule has 0 unspecified atom stereocenters. The van der Waals surface area contributed by atoms with Crippen LogP contribution in [-0.2, 0) is 11.2 Å². The van der Waals surface area contributed by atoms with Gasteiger partial charge in [0.1, 0.15) is 17.3 Å². The molecule has 0 radical (unpaired) electrons. The standard InChI is InChI=1S/C18H20F2N2O4/c1-4-13-15(18(25)26-3)9(2)16(22-13)17(24)21-8-14(23)11-6-5-10(19)7-12(11)20/h5-7,14,22-23H,4,8H2,1-3H3,(H,21,24)/t14-/m0/s1. The van der Waals surface area contributed by atoms with Crippen molar-refractivity contribution in [1.82, 2.24) is 10.3 Å². The zero-order valence-electron chi connectivity index (χ0n) is 14.7. The van der Waals surface area contributed by atoms with Gasteiger partial charge in [-0.2, -0.15) is 0 Å². The number of halogens is 2. The first-order valence-corrected chi connectivity index (χ1v) is 8.01. The summed E-state index contributed by atoms with van der Waals surface area (Å²) in [6, 6.07) is 2.80. The number of carbonyl (C=O) groups excluding carboxylic acids is 2. The lowest BCUT2D eigenvalue weighted by Crippen LogP contribution is -2.29. The fourth-order valence-electron chi connectivity index (χ4n) is 2.69. The zero-order chi connectivity index (χ0) is 19.4. The summed E-state index contributed by atoms with van der Waals surface area (Å²) in [5, 5.41) is 12.5. The van der Waals surface area contributed by atoms with Gasteiger partial charge >= 0.3 is 5.97 Å². The Morgan fingerprint density at radius 3 is 2.62 bits per heavy atom. The molecule has 1 aromatic heterocycles. The number of carbonyl (C=O) groups is 2. The molecule has 26 heavy (non-hydrogen) atoms. The number of esters is 1. The van der Waals surface area contributed by atoms with Gasteiger partial charge in [0.05, 0.1) is 18.8 Å². The quantitative estimate of drug-likeness (QED) is 0.685. The molecule has 1 amide bonds. The van der Waals surface area contributed by atoms with E-state index in [4.69, 9.17) is 4.74 Å². The first-order valence-electron chi connectivity index (χ1n) is 8.01. The Morgan fingerprint density at radius 1 is 1.35 bits per heavy atom. The second-order valence-electron chi connectivity index (χ2n) is 5.72. The van der Waals surface area contributed by atoms with Crippen LogP contribution in [0.2, 0.25) is 0 Å². The first-order chi connectivity index (χ1) is 12.3. The Balaban J connectivity index is 2.15. The van der Waals surface area contributed by atoms with Gasteiger partial charge in [-0.1, -0.05) is 13.0 Å². The van der Waals surface area contributed by atoms with Crippen molar-refractivity contribution in [2.24, 2.45) is 0 Å². The van der Waals surface area contributed by atoms with Gasteiger partial charge < -0.3 is 20.1 Å². The minimum atomic E-state index is -1.35. The van der Waals surface area contributed by atoms with Crippen molar-refractivity contribution >= 4 is 11.9 Å². The van der Waals surface area contributed by atoms with E-state index >= 15 is 0 Å². The summed E-state index contributed by atoms with van der Waals surface area (Å²) in [6.07, 6.45) is -0.859. The molecule has 0 bridgehead atoms. The third kappa shape index (κ3) is 3.91. The van der Waals surface area contributed by atoms with Crippen LogP contribution in [0.3, 0.4) is 0 Å². The SMILES string of the molecule is CCc1[nH]c(C(=O)NC[C@H](O)c2ccc(F)cc2F)c(C)c1C(=O)OC. The normalized spacial score (nSPS) is 11.9. The van der Waals surface area contributed by atoms with E-state index in [1.54, 1.807) is 6.92 Å². The lowest BCUT2D eigenvalue weighted by atomic mass is 10.1. The van der Waals surface area contributed by atoms with Gasteiger partial charge in [-0.15, -0.1) is 0 Å². The Labute approximate surface area is 149 Å². The van der Waals surface area contributed by atoms with Crippen molar-refractivity contribution in [3.63, 3.8) is 0 Å². The number of H-pyrrole nitrogens is 1. The Kier molecular flexibility index (Phi) is 6.10. The van der Waals surface area contributed by atoms with Crippen LogP contribution in [0.25, 0.3) is 0 Å². The molecule has 6 nitrogen and oxygen atoms in total. The summed E-state index contributed by atoms with van der Waals surface area (Å²) in [7, 11) is 1.25. The van der Waals surface area contributed by atoms with Crippen LogP contribution in [-0.4, -0.2) is 35.6 Å². The second-order valence-corrected chi connectivity index (χ2v) is 5.72. The van der Waals surface area contributed by atoms with Gasteiger partial charge in [0.2, 0.25) is 0 Å². The Morgan fingerprint density at radius 2 is 2.04 bits per heavy atom. The third-order valence-electron chi connectivity index (χ3n) is 4.08. The zero-order valence-corrected chi connectivity index (χ0v) is 14.7. The molecule has 0 aliphatic carbocycles. The number of benzene rings is 1. The summed E-state index contributed by atoms with van der Waals surface area (Å²) in [5.41, 5.74) is 1.32. The number of aromatic nitrogens is 1. The average Bonchev–Trinajstić information content (AvgIpc) is 2.95. The molecule has 2 rings (SSSR count). The maximum absolute atomic E-state index is 13.7. The van der Waals surface area contributed by atoms with Crippen molar-refractivity contribution < 1.29 is 28.2 Å². The van der Waals surface area contributed by atoms with E-state index in [9.17, 15) is 23.5 Å². The Bertz CT molecular complexity index is 833. The molecule has 0 saturated carbocycles. The highest BCUT2D eigenvalue weighted by Crippen LogP contribution is 2.21. The van der Waals surface area contributed by atoms with E-state index < -0.39 is 29.6 Å². The number of rotatable bonds is 6. The molecule has 3 N–H and O–H groups in total. The molecule has 2 aromatic rings. The van der Waals surface area contributed by atoms with E-state index in [0.29, 0.717) is 29.3 Å². The molecule has 0 spiro atoms. The maximum atomic E-state index is 13.7. The number of nitrogens with one attached hydrogen (secondary N) is 2. The highest BCUT2D eigenvalue weighted by Gasteiger charge is 2.24. The van der Waals surface area contributed by atoms with E-state index in [-0.39, 0.29) is 17.8 Å². The number of amides is 1. The molecule has 8 heteroatoms. The second kappa shape index (κ2) is 8.09. The number of hydrogen-bond acceptors (Lipinski definition) is 4. The predicted octanol–water partition coefficient (Wildman–Crippen LogP) is 2.41. The molecular formula is C18H20F2N2O4. The van der Waals surface area contributed by atoms with Crippen LogP contribution in [0.15, 0.2) is 18.2 Å². The monoisotopic (exact) mass is 366 g/mol. The molecule has 0 aliphatic heterocycles. The van der Waals surface area contributed by atoms with Gasteiger partial charge in [-0.05, 0) is 25.0 Å². The molecule has 1 atom stereocenters. The molecule has 140 valence electrons.